The highest BCUT2D eigenvalue weighted by Crippen LogP contribution is 2.13. The van der Waals surface area contributed by atoms with Crippen LogP contribution in [0.1, 0.15) is 47.6 Å². The molecule has 2 rings (SSSR count). The number of hydrogen-bond acceptors (Lipinski definition) is 3. The number of carboxylic acids is 1. The van der Waals surface area contributed by atoms with Gasteiger partial charge in [0.15, 0.2) is 0 Å². The molecule has 0 bridgehead atoms. The first-order valence-corrected chi connectivity index (χ1v) is 8.44. The molecule has 0 aliphatic heterocycles. The van der Waals surface area contributed by atoms with Gasteiger partial charge in [0.05, 0.1) is 12.2 Å². The number of carbonyl (C=O) groups is 2. The van der Waals surface area contributed by atoms with E-state index in [1.807, 2.05) is 50.6 Å². The van der Waals surface area contributed by atoms with Crippen molar-refractivity contribution in [2.45, 2.75) is 46.7 Å². The highest BCUT2D eigenvalue weighted by atomic mass is 16.4. The standard InChI is InChI=1S/C19H25N3O3/c1-5-14(3)21(12-18(23)24)19(25)17-8-6-16(7-9-17)11-22-15(4)10-13(2)20-22/h6-10,14H,5,11-12H2,1-4H3,(H,23,24). The molecule has 1 atom stereocenters. The first-order chi connectivity index (χ1) is 11.8. The minimum atomic E-state index is -1.00. The second-order valence-corrected chi connectivity index (χ2v) is 6.37. The van der Waals surface area contributed by atoms with Crippen LogP contribution in [0, 0.1) is 13.8 Å². The summed E-state index contributed by atoms with van der Waals surface area (Å²) in [7, 11) is 0. The highest BCUT2D eigenvalue weighted by Gasteiger charge is 2.22. The number of aromatic nitrogens is 2. The number of hydrogen-bond donors (Lipinski definition) is 1. The largest absolute Gasteiger partial charge is 0.480 e. The maximum Gasteiger partial charge on any atom is 0.323 e. The second kappa shape index (κ2) is 7.96. The van der Waals surface area contributed by atoms with E-state index in [9.17, 15) is 9.59 Å². The van der Waals surface area contributed by atoms with E-state index in [1.54, 1.807) is 12.1 Å². The van der Waals surface area contributed by atoms with Gasteiger partial charge in [-0.3, -0.25) is 14.3 Å². The van der Waals surface area contributed by atoms with Crippen LogP contribution in [0.25, 0.3) is 0 Å². The molecule has 2 aromatic rings. The number of nitrogens with zero attached hydrogens (tertiary/aromatic N) is 3. The summed E-state index contributed by atoms with van der Waals surface area (Å²) in [6.45, 7) is 8.10. The zero-order valence-electron chi connectivity index (χ0n) is 15.2. The van der Waals surface area contributed by atoms with Gasteiger partial charge in [-0.25, -0.2) is 0 Å². The molecule has 1 N–H and O–H groups in total. The Morgan fingerprint density at radius 1 is 1.24 bits per heavy atom. The van der Waals surface area contributed by atoms with E-state index in [0.717, 1.165) is 17.0 Å². The summed E-state index contributed by atoms with van der Waals surface area (Å²) in [6, 6.07) is 9.17. The molecule has 1 amide bonds. The Labute approximate surface area is 148 Å². The van der Waals surface area contributed by atoms with E-state index in [-0.39, 0.29) is 18.5 Å². The number of carboxylic acid groups (broad SMARTS) is 1. The summed E-state index contributed by atoms with van der Waals surface area (Å²) in [4.78, 5) is 25.1. The van der Waals surface area contributed by atoms with Crippen LogP contribution < -0.4 is 0 Å². The zero-order chi connectivity index (χ0) is 18.6. The molecular formula is C19H25N3O3. The molecule has 0 radical (unpaired) electrons. The Bertz CT molecular complexity index is 750. The summed E-state index contributed by atoms with van der Waals surface area (Å²) in [5.41, 5.74) is 3.60. The van der Waals surface area contributed by atoms with Crippen molar-refractivity contribution in [2.24, 2.45) is 0 Å². The lowest BCUT2D eigenvalue weighted by atomic mass is 10.1. The summed E-state index contributed by atoms with van der Waals surface area (Å²) < 4.78 is 1.92. The molecule has 0 aliphatic rings. The van der Waals surface area contributed by atoms with Crippen LogP contribution in [0.15, 0.2) is 30.3 Å². The summed E-state index contributed by atoms with van der Waals surface area (Å²) in [6.07, 6.45) is 0.703. The molecule has 6 heteroatoms. The van der Waals surface area contributed by atoms with Crippen LogP contribution in [0.4, 0.5) is 0 Å². The molecule has 25 heavy (non-hydrogen) atoms. The quantitative estimate of drug-likeness (QED) is 0.839. The number of aryl methyl sites for hydroxylation is 2. The third-order valence-corrected chi connectivity index (χ3v) is 4.33. The van der Waals surface area contributed by atoms with E-state index in [2.05, 4.69) is 5.10 Å². The Morgan fingerprint density at radius 3 is 2.36 bits per heavy atom. The molecule has 1 aromatic carbocycles. The van der Waals surface area contributed by atoms with Gasteiger partial charge >= 0.3 is 5.97 Å². The smallest absolute Gasteiger partial charge is 0.323 e. The maximum atomic E-state index is 12.7. The number of benzene rings is 1. The summed E-state index contributed by atoms with van der Waals surface area (Å²) >= 11 is 0. The van der Waals surface area contributed by atoms with Crippen molar-refractivity contribution in [3.8, 4) is 0 Å². The van der Waals surface area contributed by atoms with Crippen LogP contribution in [-0.2, 0) is 11.3 Å². The van der Waals surface area contributed by atoms with Gasteiger partial charge in [0.2, 0.25) is 0 Å². The van der Waals surface area contributed by atoms with Crippen LogP contribution in [-0.4, -0.2) is 44.3 Å². The molecule has 0 aliphatic carbocycles. The van der Waals surface area contributed by atoms with Gasteiger partial charge in [-0.05, 0) is 51.0 Å². The third-order valence-electron chi connectivity index (χ3n) is 4.33. The molecule has 1 aromatic heterocycles. The van der Waals surface area contributed by atoms with Gasteiger partial charge in [-0.15, -0.1) is 0 Å². The average Bonchev–Trinajstić information content (AvgIpc) is 2.89. The van der Waals surface area contributed by atoms with Crippen LogP contribution in [0.3, 0.4) is 0 Å². The average molecular weight is 343 g/mol. The lowest BCUT2D eigenvalue weighted by Crippen LogP contribution is -2.41. The van der Waals surface area contributed by atoms with Gasteiger partial charge in [0, 0.05) is 17.3 Å². The SMILES string of the molecule is CCC(C)N(CC(=O)O)C(=O)c1ccc(Cn2nc(C)cc2C)cc1. The molecule has 1 unspecified atom stereocenters. The van der Waals surface area contributed by atoms with Crippen LogP contribution in [0.2, 0.25) is 0 Å². The Hall–Kier alpha value is -2.63. The molecule has 0 saturated heterocycles. The Balaban J connectivity index is 2.15. The molecular weight excluding hydrogens is 318 g/mol. The minimum absolute atomic E-state index is 0.127. The highest BCUT2D eigenvalue weighted by molar-refractivity contribution is 5.96. The van der Waals surface area contributed by atoms with Gasteiger partial charge in [-0.2, -0.15) is 5.10 Å². The summed E-state index contributed by atoms with van der Waals surface area (Å²) in [5.74, 6) is -1.26. The summed E-state index contributed by atoms with van der Waals surface area (Å²) in [5, 5.41) is 13.5. The van der Waals surface area contributed by atoms with Crippen molar-refractivity contribution in [3.63, 3.8) is 0 Å². The van der Waals surface area contributed by atoms with Crippen molar-refractivity contribution in [1.29, 1.82) is 0 Å². The Kier molecular flexibility index (Phi) is 5.96. The lowest BCUT2D eigenvalue weighted by molar-refractivity contribution is -0.138. The van der Waals surface area contributed by atoms with Crippen molar-refractivity contribution in [2.75, 3.05) is 6.54 Å². The van der Waals surface area contributed by atoms with Gasteiger partial charge in [-0.1, -0.05) is 19.1 Å². The van der Waals surface area contributed by atoms with Gasteiger partial charge in [0.1, 0.15) is 6.54 Å². The topological polar surface area (TPSA) is 75.4 Å². The van der Waals surface area contributed by atoms with Gasteiger partial charge < -0.3 is 10.0 Å². The normalized spacial score (nSPS) is 12.0. The van der Waals surface area contributed by atoms with Crippen LogP contribution >= 0.6 is 0 Å². The minimum Gasteiger partial charge on any atom is -0.480 e. The van der Waals surface area contributed by atoms with E-state index >= 15 is 0 Å². The third kappa shape index (κ3) is 4.68. The number of carbonyl (C=O) groups excluding carboxylic acids is 1. The molecule has 6 nitrogen and oxygen atoms in total. The van der Waals surface area contributed by atoms with Crippen LogP contribution in [0.5, 0.6) is 0 Å². The molecule has 0 spiro atoms. The fourth-order valence-corrected chi connectivity index (χ4v) is 2.72. The number of aliphatic carboxylic acids is 1. The number of rotatable bonds is 7. The Morgan fingerprint density at radius 2 is 1.88 bits per heavy atom. The van der Waals surface area contributed by atoms with Gasteiger partial charge in [0.25, 0.3) is 5.91 Å². The predicted molar refractivity (Wildman–Crippen MR) is 95.7 cm³/mol. The first kappa shape index (κ1) is 18.7. The monoisotopic (exact) mass is 343 g/mol. The molecule has 0 fully saturated rings. The van der Waals surface area contributed by atoms with E-state index in [4.69, 9.17) is 5.11 Å². The zero-order valence-corrected chi connectivity index (χ0v) is 15.2. The fourth-order valence-electron chi connectivity index (χ4n) is 2.72. The van der Waals surface area contributed by atoms with E-state index < -0.39 is 5.97 Å². The van der Waals surface area contributed by atoms with Crippen molar-refractivity contribution in [3.05, 3.63) is 52.8 Å². The van der Waals surface area contributed by atoms with Crippen molar-refractivity contribution >= 4 is 11.9 Å². The second-order valence-electron chi connectivity index (χ2n) is 6.37. The molecule has 134 valence electrons. The lowest BCUT2D eigenvalue weighted by Gasteiger charge is -2.27. The molecule has 0 saturated carbocycles. The van der Waals surface area contributed by atoms with Crippen molar-refractivity contribution < 1.29 is 14.7 Å². The maximum absolute atomic E-state index is 12.7. The van der Waals surface area contributed by atoms with E-state index in [1.165, 1.54) is 4.90 Å². The van der Waals surface area contributed by atoms with E-state index in [0.29, 0.717) is 18.5 Å². The molecule has 1 heterocycles. The number of amides is 1. The van der Waals surface area contributed by atoms with Crippen molar-refractivity contribution in [1.82, 2.24) is 14.7 Å². The first-order valence-electron chi connectivity index (χ1n) is 8.44. The fraction of sp³-hybridized carbons (Fsp3) is 0.421. The predicted octanol–water partition coefficient (Wildman–Crippen LogP) is 2.87.